The summed E-state index contributed by atoms with van der Waals surface area (Å²) < 4.78 is 0. The second-order valence-electron chi connectivity index (χ2n) is 6.92. The first kappa shape index (κ1) is 16.1. The second-order valence-corrected chi connectivity index (χ2v) is 6.92. The van der Waals surface area contributed by atoms with Gasteiger partial charge in [-0.3, -0.25) is 0 Å². The first-order valence-electron chi connectivity index (χ1n) is 8.29. The Kier molecular flexibility index (Phi) is 5.48. The van der Waals surface area contributed by atoms with Crippen LogP contribution < -0.4 is 5.32 Å². The summed E-state index contributed by atoms with van der Waals surface area (Å²) in [6.07, 6.45) is 7.45. The number of urea groups is 1. The fraction of sp³-hybridized carbons (Fsp3) is 0.875. The van der Waals surface area contributed by atoms with E-state index in [0.29, 0.717) is 18.4 Å². The fourth-order valence-electron chi connectivity index (χ4n) is 3.80. The third kappa shape index (κ3) is 4.11. The van der Waals surface area contributed by atoms with Crippen molar-refractivity contribution >= 4 is 12.0 Å². The number of hydrogen-bond acceptors (Lipinski definition) is 2. The molecule has 0 radical (unpaired) electrons. The molecule has 1 aliphatic carbocycles. The zero-order valence-corrected chi connectivity index (χ0v) is 13.2. The molecule has 120 valence electrons. The molecule has 1 saturated heterocycles. The summed E-state index contributed by atoms with van der Waals surface area (Å²) in [7, 11) is 0. The van der Waals surface area contributed by atoms with Crippen molar-refractivity contribution in [2.75, 3.05) is 6.54 Å². The van der Waals surface area contributed by atoms with Gasteiger partial charge < -0.3 is 15.3 Å². The lowest BCUT2D eigenvalue weighted by molar-refractivity contribution is -0.139. The van der Waals surface area contributed by atoms with E-state index in [4.69, 9.17) is 0 Å². The van der Waals surface area contributed by atoms with Gasteiger partial charge in [-0.1, -0.05) is 26.7 Å². The van der Waals surface area contributed by atoms with Gasteiger partial charge in [-0.2, -0.15) is 0 Å². The number of aliphatic carboxylic acids is 1. The van der Waals surface area contributed by atoms with Crippen molar-refractivity contribution in [2.45, 2.75) is 70.9 Å². The largest absolute Gasteiger partial charge is 0.480 e. The lowest BCUT2D eigenvalue weighted by atomic mass is 9.78. The van der Waals surface area contributed by atoms with Crippen molar-refractivity contribution in [2.24, 2.45) is 11.8 Å². The highest BCUT2D eigenvalue weighted by atomic mass is 16.4. The van der Waals surface area contributed by atoms with Gasteiger partial charge in [0.25, 0.3) is 0 Å². The number of likely N-dealkylation sites (tertiary alicyclic amines) is 1. The zero-order chi connectivity index (χ0) is 15.4. The highest BCUT2D eigenvalue weighted by Crippen LogP contribution is 2.35. The molecule has 3 atom stereocenters. The maximum absolute atomic E-state index is 12.5. The molecule has 5 heteroatoms. The number of amides is 2. The number of rotatable bonds is 4. The van der Waals surface area contributed by atoms with Crippen LogP contribution in [0.15, 0.2) is 0 Å². The van der Waals surface area contributed by atoms with Gasteiger partial charge in [0, 0.05) is 12.6 Å². The number of piperidine rings is 1. The average molecular weight is 296 g/mol. The van der Waals surface area contributed by atoms with Crippen LogP contribution in [-0.4, -0.2) is 40.6 Å². The molecule has 0 spiro atoms. The number of nitrogens with one attached hydrogen (secondary N) is 1. The summed E-state index contributed by atoms with van der Waals surface area (Å²) in [5.41, 5.74) is 0. The Labute approximate surface area is 127 Å². The maximum atomic E-state index is 12.5. The van der Waals surface area contributed by atoms with E-state index in [-0.39, 0.29) is 11.9 Å². The normalized spacial score (nSPS) is 27.1. The fourth-order valence-corrected chi connectivity index (χ4v) is 3.80. The average Bonchev–Trinajstić information content (AvgIpc) is 2.45. The second kappa shape index (κ2) is 7.14. The van der Waals surface area contributed by atoms with E-state index in [1.165, 1.54) is 25.7 Å². The molecule has 2 N–H and O–H groups in total. The van der Waals surface area contributed by atoms with Gasteiger partial charge in [-0.15, -0.1) is 0 Å². The number of carboxylic acids is 1. The van der Waals surface area contributed by atoms with Crippen LogP contribution in [0.2, 0.25) is 0 Å². The molecule has 0 aromatic rings. The summed E-state index contributed by atoms with van der Waals surface area (Å²) in [5.74, 6) is -0.0731. The van der Waals surface area contributed by atoms with Gasteiger partial charge in [-0.25, -0.2) is 9.59 Å². The van der Waals surface area contributed by atoms with E-state index in [0.717, 1.165) is 19.4 Å². The lowest BCUT2D eigenvalue weighted by Crippen LogP contribution is -2.56. The van der Waals surface area contributed by atoms with Gasteiger partial charge in [0.2, 0.25) is 0 Å². The number of carbonyl (C=O) groups excluding carboxylic acids is 1. The Morgan fingerprint density at radius 3 is 2.52 bits per heavy atom. The number of carboxylic acid groups (broad SMARTS) is 1. The highest BCUT2D eigenvalue weighted by molar-refractivity contribution is 5.82. The molecule has 0 bridgehead atoms. The predicted octanol–water partition coefficient (Wildman–Crippen LogP) is 2.85. The number of nitrogens with zero attached hydrogens (tertiary/aromatic N) is 1. The minimum absolute atomic E-state index is 0.181. The molecule has 0 aromatic heterocycles. The molecule has 5 nitrogen and oxygen atoms in total. The third-order valence-corrected chi connectivity index (χ3v) is 4.81. The van der Waals surface area contributed by atoms with Crippen LogP contribution in [-0.2, 0) is 4.79 Å². The van der Waals surface area contributed by atoms with Crippen LogP contribution in [0.4, 0.5) is 4.79 Å². The van der Waals surface area contributed by atoms with Crippen LogP contribution in [0, 0.1) is 11.8 Å². The van der Waals surface area contributed by atoms with Crippen LogP contribution in [0.1, 0.15) is 58.8 Å². The smallest absolute Gasteiger partial charge is 0.326 e. The molecule has 1 aliphatic heterocycles. The van der Waals surface area contributed by atoms with Crippen molar-refractivity contribution in [3.05, 3.63) is 0 Å². The SMILES string of the molecule is CC(C)C[C@@H](NC(=O)N1CCC[C@H]2CCCC[C@H]21)C(=O)O. The number of hydrogen-bond donors (Lipinski definition) is 2. The molecule has 0 unspecified atom stereocenters. The monoisotopic (exact) mass is 296 g/mol. The van der Waals surface area contributed by atoms with Crippen LogP contribution in [0.5, 0.6) is 0 Å². The molecule has 2 aliphatic rings. The minimum atomic E-state index is -0.936. The van der Waals surface area contributed by atoms with Gasteiger partial charge in [0.1, 0.15) is 6.04 Å². The predicted molar refractivity (Wildman–Crippen MR) is 81.1 cm³/mol. The quantitative estimate of drug-likeness (QED) is 0.838. The van der Waals surface area contributed by atoms with E-state index >= 15 is 0 Å². The van der Waals surface area contributed by atoms with Crippen molar-refractivity contribution in [3.8, 4) is 0 Å². The van der Waals surface area contributed by atoms with Crippen LogP contribution in [0.3, 0.4) is 0 Å². The summed E-state index contributed by atoms with van der Waals surface area (Å²) in [5, 5.41) is 12.0. The molecule has 0 aromatic carbocycles. The summed E-state index contributed by atoms with van der Waals surface area (Å²) in [6.45, 7) is 4.71. The van der Waals surface area contributed by atoms with E-state index in [9.17, 15) is 14.7 Å². The van der Waals surface area contributed by atoms with Gasteiger partial charge >= 0.3 is 12.0 Å². The van der Waals surface area contributed by atoms with Crippen LogP contribution >= 0.6 is 0 Å². The third-order valence-electron chi connectivity index (χ3n) is 4.81. The molecular weight excluding hydrogens is 268 g/mol. The van der Waals surface area contributed by atoms with Crippen molar-refractivity contribution < 1.29 is 14.7 Å². The van der Waals surface area contributed by atoms with E-state index in [2.05, 4.69) is 5.32 Å². The Bertz CT molecular complexity index is 382. The number of carbonyl (C=O) groups is 2. The molecule has 1 heterocycles. The minimum Gasteiger partial charge on any atom is -0.480 e. The highest BCUT2D eigenvalue weighted by Gasteiger charge is 2.36. The molecular formula is C16H28N2O3. The summed E-state index contributed by atoms with van der Waals surface area (Å²) >= 11 is 0. The molecule has 1 saturated carbocycles. The molecule has 2 rings (SSSR count). The molecule has 2 fully saturated rings. The first-order valence-corrected chi connectivity index (χ1v) is 8.29. The van der Waals surface area contributed by atoms with E-state index < -0.39 is 12.0 Å². The van der Waals surface area contributed by atoms with Gasteiger partial charge in [0.15, 0.2) is 0 Å². The Balaban J connectivity index is 1.98. The first-order chi connectivity index (χ1) is 9.99. The Hall–Kier alpha value is -1.26. The van der Waals surface area contributed by atoms with Crippen LogP contribution in [0.25, 0.3) is 0 Å². The van der Waals surface area contributed by atoms with Crippen molar-refractivity contribution in [1.29, 1.82) is 0 Å². The summed E-state index contributed by atoms with van der Waals surface area (Å²) in [6, 6.07) is -0.637. The van der Waals surface area contributed by atoms with Crippen molar-refractivity contribution in [3.63, 3.8) is 0 Å². The Morgan fingerprint density at radius 2 is 1.86 bits per heavy atom. The lowest BCUT2D eigenvalue weighted by Gasteiger charge is -2.44. The Morgan fingerprint density at radius 1 is 1.19 bits per heavy atom. The molecule has 2 amide bonds. The topological polar surface area (TPSA) is 69.6 Å². The maximum Gasteiger partial charge on any atom is 0.326 e. The number of fused-ring (bicyclic) bond motifs is 1. The van der Waals surface area contributed by atoms with Gasteiger partial charge in [-0.05, 0) is 43.9 Å². The van der Waals surface area contributed by atoms with E-state index in [1.807, 2.05) is 18.7 Å². The zero-order valence-electron chi connectivity index (χ0n) is 13.2. The van der Waals surface area contributed by atoms with Gasteiger partial charge in [0.05, 0.1) is 0 Å². The standard InChI is InChI=1S/C16H28N2O3/c1-11(2)10-13(15(19)20)17-16(21)18-9-5-7-12-6-3-4-8-14(12)18/h11-14H,3-10H2,1-2H3,(H,17,21)(H,19,20)/t12-,13-,14-/m1/s1. The van der Waals surface area contributed by atoms with E-state index in [1.54, 1.807) is 0 Å². The molecule has 21 heavy (non-hydrogen) atoms. The summed E-state index contributed by atoms with van der Waals surface area (Å²) in [4.78, 5) is 25.7. The van der Waals surface area contributed by atoms with Crippen molar-refractivity contribution in [1.82, 2.24) is 10.2 Å².